The molecule has 2 N–H and O–H groups in total. The van der Waals surface area contributed by atoms with Crippen molar-refractivity contribution in [1.29, 1.82) is 0 Å². The van der Waals surface area contributed by atoms with Gasteiger partial charge in [-0.3, -0.25) is 0 Å². The van der Waals surface area contributed by atoms with E-state index in [4.69, 9.17) is 10.5 Å². The van der Waals surface area contributed by atoms with E-state index in [-0.39, 0.29) is 12.4 Å². The third-order valence-corrected chi connectivity index (χ3v) is 3.11. The number of benzene rings is 2. The normalized spacial score (nSPS) is 9.90. The molecule has 0 saturated heterocycles. The van der Waals surface area contributed by atoms with E-state index in [1.165, 1.54) is 17.7 Å². The minimum Gasteiger partial charge on any atom is -0.489 e. The van der Waals surface area contributed by atoms with Crippen molar-refractivity contribution in [3.05, 3.63) is 64.5 Å². The lowest BCUT2D eigenvalue weighted by molar-refractivity contribution is 0.303. The summed E-state index contributed by atoms with van der Waals surface area (Å²) in [6.07, 6.45) is 0. The zero-order chi connectivity index (χ0) is 15.2. The molecule has 2 aromatic carbocycles. The van der Waals surface area contributed by atoms with Crippen LogP contribution in [0.4, 0.5) is 4.39 Å². The van der Waals surface area contributed by atoms with Crippen LogP contribution in [0.2, 0.25) is 0 Å². The number of halogens is 1. The summed E-state index contributed by atoms with van der Waals surface area (Å²) in [5.74, 6) is 5.62. The van der Waals surface area contributed by atoms with Gasteiger partial charge in [0.2, 0.25) is 0 Å². The molecule has 2 aromatic rings. The highest BCUT2D eigenvalue weighted by Gasteiger charge is 2.03. The summed E-state index contributed by atoms with van der Waals surface area (Å²) in [6, 6.07) is 10.6. The van der Waals surface area contributed by atoms with Crippen molar-refractivity contribution in [1.82, 2.24) is 0 Å². The first-order valence-corrected chi connectivity index (χ1v) is 6.77. The van der Waals surface area contributed by atoms with E-state index in [1.54, 1.807) is 6.07 Å². The molecule has 0 aliphatic heterocycles. The Morgan fingerprint density at radius 2 is 1.95 bits per heavy atom. The van der Waals surface area contributed by atoms with Crippen molar-refractivity contribution in [3.8, 4) is 17.6 Å². The highest BCUT2D eigenvalue weighted by Crippen LogP contribution is 2.19. The number of hydrogen-bond donors (Lipinski definition) is 1. The summed E-state index contributed by atoms with van der Waals surface area (Å²) < 4.78 is 19.2. The maximum absolute atomic E-state index is 13.5. The number of aryl methyl sites for hydroxylation is 2. The average molecular weight is 283 g/mol. The van der Waals surface area contributed by atoms with Gasteiger partial charge in [-0.25, -0.2) is 4.39 Å². The zero-order valence-corrected chi connectivity index (χ0v) is 12.2. The Balaban J connectivity index is 2.16. The summed E-state index contributed by atoms with van der Waals surface area (Å²) >= 11 is 0. The minimum absolute atomic E-state index is 0.245. The topological polar surface area (TPSA) is 35.2 Å². The first-order valence-electron chi connectivity index (χ1n) is 6.77. The molecule has 2 rings (SSSR count). The number of hydrogen-bond acceptors (Lipinski definition) is 2. The summed E-state index contributed by atoms with van der Waals surface area (Å²) in [5, 5.41) is 0. The van der Waals surface area contributed by atoms with Crippen LogP contribution in [0, 0.1) is 31.5 Å². The second-order valence-corrected chi connectivity index (χ2v) is 4.90. The third kappa shape index (κ3) is 4.34. The largest absolute Gasteiger partial charge is 0.489 e. The molecule has 0 atom stereocenters. The van der Waals surface area contributed by atoms with Crippen LogP contribution >= 0.6 is 0 Å². The summed E-state index contributed by atoms with van der Waals surface area (Å²) in [4.78, 5) is 0. The Bertz CT molecular complexity index is 698. The molecular formula is C18H18FNO. The van der Waals surface area contributed by atoms with Gasteiger partial charge in [-0.1, -0.05) is 35.6 Å². The van der Waals surface area contributed by atoms with Crippen LogP contribution in [0.15, 0.2) is 36.4 Å². The van der Waals surface area contributed by atoms with Crippen molar-refractivity contribution < 1.29 is 9.13 Å². The first kappa shape index (κ1) is 15.1. The molecule has 108 valence electrons. The molecule has 0 spiro atoms. The predicted octanol–water partition coefficient (Wildman–Crippen LogP) is 3.33. The van der Waals surface area contributed by atoms with Crippen LogP contribution in [-0.2, 0) is 6.61 Å². The predicted molar refractivity (Wildman–Crippen MR) is 82.6 cm³/mol. The highest BCUT2D eigenvalue weighted by molar-refractivity contribution is 5.41. The van der Waals surface area contributed by atoms with Gasteiger partial charge in [0.05, 0.1) is 6.54 Å². The SMILES string of the molecule is Cc1ccc(C)c(COc2cc(F)cc(C#CCN)c2)c1. The molecule has 0 aliphatic rings. The standard InChI is InChI=1S/C18H18FNO/c1-13-5-6-14(2)16(8-13)12-21-18-10-15(4-3-7-20)9-17(19)11-18/h5-6,8-11H,7,12,20H2,1-2H3. The van der Waals surface area contributed by atoms with Gasteiger partial charge in [0.1, 0.15) is 18.2 Å². The quantitative estimate of drug-likeness (QED) is 0.877. The molecule has 0 aliphatic carbocycles. The fourth-order valence-corrected chi connectivity index (χ4v) is 1.99. The Hall–Kier alpha value is -2.31. The molecule has 0 amide bonds. The monoisotopic (exact) mass is 283 g/mol. The van der Waals surface area contributed by atoms with E-state index in [0.29, 0.717) is 17.9 Å². The van der Waals surface area contributed by atoms with Gasteiger partial charge in [-0.15, -0.1) is 0 Å². The van der Waals surface area contributed by atoms with Crippen LogP contribution in [0.3, 0.4) is 0 Å². The van der Waals surface area contributed by atoms with E-state index >= 15 is 0 Å². The molecule has 0 unspecified atom stereocenters. The Morgan fingerprint density at radius 3 is 2.71 bits per heavy atom. The van der Waals surface area contributed by atoms with Gasteiger partial charge in [0, 0.05) is 11.6 Å². The molecule has 21 heavy (non-hydrogen) atoms. The van der Waals surface area contributed by atoms with Crippen molar-refractivity contribution in [2.24, 2.45) is 5.73 Å². The van der Waals surface area contributed by atoms with Crippen molar-refractivity contribution in [2.75, 3.05) is 6.54 Å². The van der Waals surface area contributed by atoms with Crippen molar-refractivity contribution in [3.63, 3.8) is 0 Å². The maximum Gasteiger partial charge on any atom is 0.128 e. The summed E-state index contributed by atoms with van der Waals surface area (Å²) in [7, 11) is 0. The third-order valence-electron chi connectivity index (χ3n) is 3.11. The average Bonchev–Trinajstić information content (AvgIpc) is 2.45. The molecule has 0 aromatic heterocycles. The van der Waals surface area contributed by atoms with Gasteiger partial charge in [0.15, 0.2) is 0 Å². The number of nitrogens with two attached hydrogens (primary N) is 1. The fraction of sp³-hybridized carbons (Fsp3) is 0.222. The number of rotatable bonds is 3. The van der Waals surface area contributed by atoms with E-state index in [0.717, 1.165) is 11.1 Å². The van der Waals surface area contributed by atoms with Gasteiger partial charge in [0.25, 0.3) is 0 Å². The molecule has 2 nitrogen and oxygen atoms in total. The first-order chi connectivity index (χ1) is 10.1. The van der Waals surface area contributed by atoms with Crippen LogP contribution < -0.4 is 10.5 Å². The van der Waals surface area contributed by atoms with Crippen LogP contribution in [0.1, 0.15) is 22.3 Å². The molecule has 3 heteroatoms. The second-order valence-electron chi connectivity index (χ2n) is 4.90. The molecule has 0 fully saturated rings. The van der Waals surface area contributed by atoms with Crippen LogP contribution in [-0.4, -0.2) is 6.54 Å². The van der Waals surface area contributed by atoms with Crippen molar-refractivity contribution in [2.45, 2.75) is 20.5 Å². The zero-order valence-electron chi connectivity index (χ0n) is 12.2. The highest BCUT2D eigenvalue weighted by atomic mass is 19.1. The van der Waals surface area contributed by atoms with Crippen molar-refractivity contribution >= 4 is 0 Å². The molecule has 0 heterocycles. The van der Waals surface area contributed by atoms with Gasteiger partial charge < -0.3 is 10.5 Å². The Kier molecular flexibility index (Phi) is 4.97. The van der Waals surface area contributed by atoms with E-state index in [1.807, 2.05) is 13.8 Å². The van der Waals surface area contributed by atoms with E-state index in [9.17, 15) is 4.39 Å². The second kappa shape index (κ2) is 6.92. The molecular weight excluding hydrogens is 265 g/mol. The lowest BCUT2D eigenvalue weighted by Crippen LogP contribution is -1.99. The molecule has 0 bridgehead atoms. The van der Waals surface area contributed by atoms with Crippen LogP contribution in [0.5, 0.6) is 5.75 Å². The fourth-order valence-electron chi connectivity index (χ4n) is 1.99. The smallest absolute Gasteiger partial charge is 0.128 e. The lowest BCUT2D eigenvalue weighted by atomic mass is 10.1. The lowest BCUT2D eigenvalue weighted by Gasteiger charge is -2.10. The molecule has 0 radical (unpaired) electrons. The Labute approximate surface area is 124 Å². The van der Waals surface area contributed by atoms with E-state index < -0.39 is 0 Å². The van der Waals surface area contributed by atoms with E-state index in [2.05, 4.69) is 30.0 Å². The van der Waals surface area contributed by atoms with Gasteiger partial charge in [-0.2, -0.15) is 0 Å². The summed E-state index contributed by atoms with van der Waals surface area (Å²) in [5.41, 5.74) is 9.30. The van der Waals surface area contributed by atoms with Gasteiger partial charge in [-0.05, 0) is 37.1 Å². The summed E-state index contributed by atoms with van der Waals surface area (Å²) in [6.45, 7) is 4.71. The maximum atomic E-state index is 13.5. The minimum atomic E-state index is -0.366. The van der Waals surface area contributed by atoms with Crippen LogP contribution in [0.25, 0.3) is 0 Å². The Morgan fingerprint density at radius 1 is 1.14 bits per heavy atom. The molecule has 0 saturated carbocycles. The number of ether oxygens (including phenoxy) is 1. The van der Waals surface area contributed by atoms with Gasteiger partial charge >= 0.3 is 0 Å².